The Morgan fingerprint density at radius 2 is 1.46 bits per heavy atom. The van der Waals surface area contributed by atoms with Crippen LogP contribution in [0.3, 0.4) is 0 Å². The Kier molecular flexibility index (Phi) is 4.63. The van der Waals surface area contributed by atoms with Crippen molar-refractivity contribution in [2.75, 3.05) is 0 Å². The Hall–Kier alpha value is -4.12. The van der Waals surface area contributed by atoms with Crippen LogP contribution in [0, 0.1) is 35.8 Å². The van der Waals surface area contributed by atoms with Crippen LogP contribution in [-0.2, 0) is 6.42 Å². The number of hydrogen-bond donors (Lipinski definition) is 0. The highest BCUT2D eigenvalue weighted by Crippen LogP contribution is 2.44. The van der Waals surface area contributed by atoms with Gasteiger partial charge in [0.05, 0.1) is 25.3 Å². The molecule has 0 spiro atoms. The number of nitrogens with zero attached hydrogens (tertiary/aromatic N) is 4. The number of allylic oxidation sites excluding steroid dienone is 4. The zero-order chi connectivity index (χ0) is 18.5. The molecule has 0 N–H and O–H groups in total. The van der Waals surface area contributed by atoms with Crippen molar-refractivity contribution in [3.63, 3.8) is 0 Å². The summed E-state index contributed by atoms with van der Waals surface area (Å²) in [5.74, 6) is 0. The molecule has 0 unspecified atom stereocenters. The molecule has 0 bridgehead atoms. The summed E-state index contributed by atoms with van der Waals surface area (Å²) in [5.41, 5.74) is 4.97. The monoisotopic (exact) mass is 332 g/mol. The maximum Gasteiger partial charge on any atom is 0.265 e. The fraction of sp³-hybridized carbons (Fsp3) is 0.0909. The third-order valence-electron chi connectivity index (χ3n) is 4.35. The Labute approximate surface area is 152 Å². The number of hydrogen-bond acceptors (Lipinski definition) is 2. The summed E-state index contributed by atoms with van der Waals surface area (Å²) in [7, 11) is 0. The number of rotatable bonds is 2. The second-order valence-corrected chi connectivity index (χ2v) is 5.82. The molecule has 120 valence electrons. The summed E-state index contributed by atoms with van der Waals surface area (Å²) in [6, 6.07) is 19.7. The molecule has 1 aliphatic rings. The fourth-order valence-electron chi connectivity index (χ4n) is 3.16. The van der Waals surface area contributed by atoms with Crippen LogP contribution in [0.5, 0.6) is 0 Å². The van der Waals surface area contributed by atoms with Crippen molar-refractivity contribution in [3.8, 4) is 12.1 Å². The highest BCUT2D eigenvalue weighted by Gasteiger charge is 2.27. The van der Waals surface area contributed by atoms with E-state index in [1.807, 2.05) is 60.7 Å². The highest BCUT2D eigenvalue weighted by molar-refractivity contribution is 5.97. The van der Waals surface area contributed by atoms with Gasteiger partial charge in [0.25, 0.3) is 11.4 Å². The van der Waals surface area contributed by atoms with Crippen LogP contribution in [0.4, 0.5) is 0 Å². The first-order valence-electron chi connectivity index (χ1n) is 7.90. The molecule has 3 rings (SSSR count). The van der Waals surface area contributed by atoms with Gasteiger partial charge in [-0.2, -0.15) is 0 Å². The summed E-state index contributed by atoms with van der Waals surface area (Å²) >= 11 is 0. The van der Waals surface area contributed by atoms with Crippen molar-refractivity contribution in [2.45, 2.75) is 12.8 Å². The second kappa shape index (κ2) is 7.19. The molecule has 0 fully saturated rings. The molecule has 2 aromatic rings. The van der Waals surface area contributed by atoms with E-state index >= 15 is 0 Å². The molecular formula is C22H12N4. The summed E-state index contributed by atoms with van der Waals surface area (Å²) < 4.78 is 0. The predicted octanol–water partition coefficient (Wildman–Crippen LogP) is 4.99. The van der Waals surface area contributed by atoms with E-state index in [1.165, 1.54) is 0 Å². The smallest absolute Gasteiger partial charge is 0.226 e. The fourth-order valence-corrected chi connectivity index (χ4v) is 3.16. The van der Waals surface area contributed by atoms with Gasteiger partial charge in [-0.3, -0.25) is 0 Å². The Balaban J connectivity index is 2.18. The molecule has 0 atom stereocenters. The van der Waals surface area contributed by atoms with Gasteiger partial charge in [-0.15, -0.1) is 0 Å². The number of benzene rings is 2. The van der Waals surface area contributed by atoms with E-state index in [1.54, 1.807) is 0 Å². The molecule has 26 heavy (non-hydrogen) atoms. The van der Waals surface area contributed by atoms with Crippen molar-refractivity contribution in [3.05, 3.63) is 105 Å². The van der Waals surface area contributed by atoms with Crippen molar-refractivity contribution >= 4 is 11.1 Å². The zero-order valence-electron chi connectivity index (χ0n) is 13.8. The minimum atomic E-state index is 0.0133. The van der Waals surface area contributed by atoms with Gasteiger partial charge in [-0.05, 0) is 46.2 Å². The second-order valence-electron chi connectivity index (χ2n) is 5.82. The third kappa shape index (κ3) is 2.97. The van der Waals surface area contributed by atoms with Gasteiger partial charge < -0.3 is 0 Å². The average Bonchev–Trinajstić information content (AvgIpc) is 3.04. The molecule has 1 aliphatic carbocycles. The van der Waals surface area contributed by atoms with E-state index in [0.29, 0.717) is 11.1 Å². The standard InChI is InChI=1S/C22H12N4/c1-25-21(13-23)19-12-20(22(14-24)26-2)18-11-16(8-9-17(18)19)10-15-6-4-3-5-7-15/h3-9,11H,10,12H2/b21-19-,22-20-. The van der Waals surface area contributed by atoms with Crippen LogP contribution in [0.15, 0.2) is 59.9 Å². The predicted molar refractivity (Wildman–Crippen MR) is 98.6 cm³/mol. The number of nitriles is 2. The van der Waals surface area contributed by atoms with E-state index < -0.39 is 0 Å². The van der Waals surface area contributed by atoms with Crippen molar-refractivity contribution in [1.29, 1.82) is 10.5 Å². The summed E-state index contributed by atoms with van der Waals surface area (Å²) in [6.45, 7) is 14.5. The van der Waals surface area contributed by atoms with Gasteiger partial charge in [0.1, 0.15) is 0 Å². The first-order valence-corrected chi connectivity index (χ1v) is 7.90. The minimum absolute atomic E-state index is 0.0133. The van der Waals surface area contributed by atoms with E-state index in [9.17, 15) is 10.5 Å². The summed E-state index contributed by atoms with van der Waals surface area (Å²) in [5, 5.41) is 18.5. The van der Waals surface area contributed by atoms with Crippen LogP contribution in [0.1, 0.15) is 28.7 Å². The quantitative estimate of drug-likeness (QED) is 0.574. The minimum Gasteiger partial charge on any atom is -0.226 e. The van der Waals surface area contributed by atoms with Crippen LogP contribution in [0.25, 0.3) is 20.8 Å². The molecule has 0 saturated heterocycles. The van der Waals surface area contributed by atoms with Crippen molar-refractivity contribution < 1.29 is 0 Å². The topological polar surface area (TPSA) is 56.3 Å². The summed E-state index contributed by atoms with van der Waals surface area (Å²) in [4.78, 5) is 6.64. The van der Waals surface area contributed by atoms with Crippen molar-refractivity contribution in [1.82, 2.24) is 0 Å². The maximum atomic E-state index is 9.29. The molecule has 0 heterocycles. The van der Waals surface area contributed by atoms with Gasteiger partial charge in [0.2, 0.25) is 0 Å². The van der Waals surface area contributed by atoms with Crippen LogP contribution in [0.2, 0.25) is 0 Å². The van der Waals surface area contributed by atoms with E-state index in [4.69, 9.17) is 13.1 Å². The summed E-state index contributed by atoms with van der Waals surface area (Å²) in [6.07, 6.45) is 0.995. The molecule has 0 radical (unpaired) electrons. The normalized spacial score (nSPS) is 15.7. The van der Waals surface area contributed by atoms with Gasteiger partial charge in [0.15, 0.2) is 0 Å². The Morgan fingerprint density at radius 1 is 0.846 bits per heavy atom. The third-order valence-corrected chi connectivity index (χ3v) is 4.35. The average molecular weight is 332 g/mol. The molecule has 0 amide bonds. The molecule has 4 heteroatoms. The SMILES string of the molecule is [C-]#[N+]/C(C#N)=C1/C/C(=C(\C#N)[N+]#[C-])c2cc(Cc3ccccc3)ccc21. The molecule has 4 nitrogen and oxygen atoms in total. The van der Waals surface area contributed by atoms with Crippen LogP contribution in [-0.4, -0.2) is 0 Å². The zero-order valence-corrected chi connectivity index (χ0v) is 13.8. The lowest BCUT2D eigenvalue weighted by molar-refractivity contribution is 1.19. The van der Waals surface area contributed by atoms with Gasteiger partial charge in [0, 0.05) is 0 Å². The van der Waals surface area contributed by atoms with Crippen molar-refractivity contribution in [2.24, 2.45) is 0 Å². The Bertz CT molecular complexity index is 1080. The largest absolute Gasteiger partial charge is 0.265 e. The molecule has 0 aliphatic heterocycles. The van der Waals surface area contributed by atoms with E-state index in [0.717, 1.165) is 28.7 Å². The molecule has 2 aromatic carbocycles. The lowest BCUT2D eigenvalue weighted by Gasteiger charge is -2.07. The Morgan fingerprint density at radius 3 is 2.04 bits per heavy atom. The maximum absolute atomic E-state index is 9.29. The van der Waals surface area contributed by atoms with Gasteiger partial charge in [-0.25, -0.2) is 20.2 Å². The molecule has 0 aromatic heterocycles. The highest BCUT2D eigenvalue weighted by atomic mass is 14.7. The molecular weight excluding hydrogens is 320 g/mol. The molecule has 0 saturated carbocycles. The van der Waals surface area contributed by atoms with Gasteiger partial charge >= 0.3 is 0 Å². The lowest BCUT2D eigenvalue weighted by atomic mass is 9.98. The van der Waals surface area contributed by atoms with E-state index in [-0.39, 0.29) is 17.8 Å². The lowest BCUT2D eigenvalue weighted by Crippen LogP contribution is -1.91. The van der Waals surface area contributed by atoms with Gasteiger partial charge in [-0.1, -0.05) is 48.5 Å². The first kappa shape index (κ1) is 16.7. The first-order chi connectivity index (χ1) is 12.7. The van der Waals surface area contributed by atoms with Crippen LogP contribution < -0.4 is 0 Å². The van der Waals surface area contributed by atoms with E-state index in [2.05, 4.69) is 9.69 Å². The van der Waals surface area contributed by atoms with Crippen LogP contribution >= 0.6 is 0 Å². The number of fused-ring (bicyclic) bond motifs is 1.